The molecule has 0 aliphatic rings. The molecule has 0 saturated carbocycles. The highest BCUT2D eigenvalue weighted by molar-refractivity contribution is 6.31. The van der Waals surface area contributed by atoms with Crippen molar-refractivity contribution >= 4 is 33.3 Å². The summed E-state index contributed by atoms with van der Waals surface area (Å²) in [5, 5.41) is 14.9. The minimum absolute atomic E-state index is 0.0538. The summed E-state index contributed by atoms with van der Waals surface area (Å²) in [6.45, 7) is 0. The Balaban J connectivity index is 1.76. The summed E-state index contributed by atoms with van der Waals surface area (Å²) in [5.74, 6) is 0.197. The van der Waals surface area contributed by atoms with Crippen LogP contribution in [-0.4, -0.2) is 10.1 Å². The van der Waals surface area contributed by atoms with Gasteiger partial charge in [-0.3, -0.25) is 0 Å². The van der Waals surface area contributed by atoms with Crippen molar-refractivity contribution in [1.29, 1.82) is 0 Å². The van der Waals surface area contributed by atoms with Crippen LogP contribution in [0.1, 0.15) is 22.7 Å². The second-order valence-electron chi connectivity index (χ2n) is 8.54. The number of hydrogen-bond donors (Lipinski definition) is 2. The summed E-state index contributed by atoms with van der Waals surface area (Å²) in [6, 6.07) is 38.8. The van der Waals surface area contributed by atoms with Crippen LogP contribution in [0, 0.1) is 0 Å². The van der Waals surface area contributed by atoms with Gasteiger partial charge in [0.25, 0.3) is 0 Å². The van der Waals surface area contributed by atoms with Crippen LogP contribution in [0.2, 0.25) is 5.02 Å². The fourth-order valence-corrected chi connectivity index (χ4v) is 5.18. The van der Waals surface area contributed by atoms with Gasteiger partial charge in [-0.05, 0) is 46.2 Å². The Kier molecular flexibility index (Phi) is 5.09. The number of fused-ring (bicyclic) bond motifs is 2. The Morgan fingerprint density at radius 2 is 1.26 bits per heavy atom. The van der Waals surface area contributed by atoms with Gasteiger partial charge >= 0.3 is 0 Å². The number of phenolic OH excluding ortho intramolecular Hbond substituents is 1. The molecule has 6 rings (SSSR count). The largest absolute Gasteiger partial charge is 0.507 e. The second kappa shape index (κ2) is 8.40. The predicted molar refractivity (Wildman–Crippen MR) is 142 cm³/mol. The van der Waals surface area contributed by atoms with E-state index in [1.54, 1.807) is 6.07 Å². The zero-order chi connectivity index (χ0) is 23.1. The summed E-state index contributed by atoms with van der Waals surface area (Å²) in [5.41, 5.74) is 6.16. The number of H-pyrrole nitrogens is 1. The lowest BCUT2D eigenvalue weighted by atomic mass is 9.84. The number of hydrogen-bond acceptors (Lipinski definition) is 1. The van der Waals surface area contributed by atoms with Crippen LogP contribution in [0.4, 0.5) is 0 Å². The van der Waals surface area contributed by atoms with E-state index in [0.29, 0.717) is 5.02 Å². The van der Waals surface area contributed by atoms with Crippen molar-refractivity contribution in [3.05, 3.63) is 137 Å². The van der Waals surface area contributed by atoms with Crippen molar-refractivity contribution in [2.75, 3.05) is 0 Å². The van der Waals surface area contributed by atoms with E-state index >= 15 is 0 Å². The van der Waals surface area contributed by atoms with Crippen LogP contribution >= 0.6 is 11.6 Å². The zero-order valence-electron chi connectivity index (χ0n) is 18.4. The first-order valence-electron chi connectivity index (χ1n) is 11.3. The number of aromatic amines is 1. The minimum Gasteiger partial charge on any atom is -0.507 e. The van der Waals surface area contributed by atoms with Gasteiger partial charge in [-0.1, -0.05) is 103 Å². The molecule has 0 bridgehead atoms. The van der Waals surface area contributed by atoms with Crippen molar-refractivity contribution in [3.8, 4) is 16.9 Å². The second-order valence-corrected chi connectivity index (χ2v) is 8.98. The molecular weight excluding hydrogens is 438 g/mol. The van der Waals surface area contributed by atoms with Crippen LogP contribution in [0.25, 0.3) is 32.8 Å². The topological polar surface area (TPSA) is 36.0 Å². The molecule has 0 amide bonds. The molecule has 0 atom stereocenters. The molecule has 2 nitrogen and oxygen atoms in total. The van der Waals surface area contributed by atoms with Gasteiger partial charge in [-0.2, -0.15) is 0 Å². The van der Waals surface area contributed by atoms with E-state index in [4.69, 9.17) is 11.6 Å². The van der Waals surface area contributed by atoms with Crippen LogP contribution in [0.5, 0.6) is 5.75 Å². The molecule has 164 valence electrons. The van der Waals surface area contributed by atoms with E-state index in [2.05, 4.69) is 65.6 Å². The molecule has 1 heterocycles. The van der Waals surface area contributed by atoms with Crippen molar-refractivity contribution in [3.63, 3.8) is 0 Å². The zero-order valence-corrected chi connectivity index (χ0v) is 19.1. The first-order valence-corrected chi connectivity index (χ1v) is 11.7. The third kappa shape index (κ3) is 3.44. The van der Waals surface area contributed by atoms with E-state index in [1.165, 1.54) is 11.1 Å². The Bertz CT molecular complexity index is 1580. The highest BCUT2D eigenvalue weighted by Crippen LogP contribution is 2.47. The van der Waals surface area contributed by atoms with E-state index in [9.17, 15) is 5.11 Å². The standard InChI is InChI=1S/C31H22ClNO/c32-23-16-17-26-25(19-23)30(29-24-14-8-7-9-20(24)15-18-27(29)34)31(33-26)28(21-10-3-1-4-11-21)22-12-5-2-6-13-22/h1-19,28,33-34H. The Morgan fingerprint density at radius 3 is 1.97 bits per heavy atom. The van der Waals surface area contributed by atoms with E-state index in [-0.39, 0.29) is 11.7 Å². The fourth-order valence-electron chi connectivity index (χ4n) is 5.01. The van der Waals surface area contributed by atoms with Crippen LogP contribution in [0.3, 0.4) is 0 Å². The molecule has 2 N–H and O–H groups in total. The summed E-state index contributed by atoms with van der Waals surface area (Å²) in [6.07, 6.45) is 0. The van der Waals surface area contributed by atoms with Gasteiger partial charge < -0.3 is 10.1 Å². The number of rotatable bonds is 4. The molecule has 0 aliphatic heterocycles. The highest BCUT2D eigenvalue weighted by atomic mass is 35.5. The van der Waals surface area contributed by atoms with Gasteiger partial charge in [0.2, 0.25) is 0 Å². The van der Waals surface area contributed by atoms with Gasteiger partial charge in [0, 0.05) is 38.7 Å². The maximum atomic E-state index is 11.2. The van der Waals surface area contributed by atoms with Gasteiger partial charge in [0.15, 0.2) is 0 Å². The highest BCUT2D eigenvalue weighted by Gasteiger charge is 2.26. The quantitative estimate of drug-likeness (QED) is 0.272. The minimum atomic E-state index is -0.0538. The number of phenols is 1. The summed E-state index contributed by atoms with van der Waals surface area (Å²) in [7, 11) is 0. The van der Waals surface area contributed by atoms with Crippen molar-refractivity contribution in [2.24, 2.45) is 0 Å². The van der Waals surface area contributed by atoms with Gasteiger partial charge in [-0.25, -0.2) is 0 Å². The molecule has 0 spiro atoms. The maximum Gasteiger partial charge on any atom is 0.124 e. The molecule has 1 aromatic heterocycles. The number of halogens is 1. The van der Waals surface area contributed by atoms with Gasteiger partial charge in [-0.15, -0.1) is 0 Å². The smallest absolute Gasteiger partial charge is 0.124 e. The number of aromatic nitrogens is 1. The fraction of sp³-hybridized carbons (Fsp3) is 0.0323. The molecule has 0 fully saturated rings. The van der Waals surface area contributed by atoms with Gasteiger partial charge in [0.1, 0.15) is 5.75 Å². The van der Waals surface area contributed by atoms with Crippen LogP contribution in [-0.2, 0) is 0 Å². The molecule has 3 heteroatoms. The lowest BCUT2D eigenvalue weighted by molar-refractivity contribution is 0.478. The first kappa shape index (κ1) is 20.6. The van der Waals surface area contributed by atoms with Crippen LogP contribution < -0.4 is 0 Å². The third-order valence-corrected chi connectivity index (χ3v) is 6.74. The Morgan fingerprint density at radius 1 is 0.618 bits per heavy atom. The lowest BCUT2D eigenvalue weighted by Gasteiger charge is -2.20. The average molecular weight is 460 g/mol. The molecular formula is C31H22ClNO. The molecule has 0 saturated heterocycles. The van der Waals surface area contributed by atoms with E-state index in [0.717, 1.165) is 38.5 Å². The van der Waals surface area contributed by atoms with Crippen molar-refractivity contribution in [1.82, 2.24) is 4.98 Å². The predicted octanol–water partition coefficient (Wildman–Crippen LogP) is 8.53. The number of aromatic hydroxyl groups is 1. The number of nitrogens with one attached hydrogen (secondary N) is 1. The van der Waals surface area contributed by atoms with Gasteiger partial charge in [0.05, 0.1) is 0 Å². The monoisotopic (exact) mass is 459 g/mol. The summed E-state index contributed by atoms with van der Waals surface area (Å²) < 4.78 is 0. The van der Waals surface area contributed by atoms with E-state index in [1.807, 2.05) is 48.5 Å². The first-order chi connectivity index (χ1) is 16.7. The number of benzene rings is 5. The molecule has 5 aromatic carbocycles. The molecule has 0 unspecified atom stereocenters. The van der Waals surface area contributed by atoms with Crippen molar-refractivity contribution < 1.29 is 5.11 Å². The molecule has 6 aromatic rings. The SMILES string of the molecule is Oc1ccc2ccccc2c1-c1c(C(c2ccccc2)c2ccccc2)[nH]c2ccc(Cl)cc12. The normalized spacial score (nSPS) is 11.5. The summed E-state index contributed by atoms with van der Waals surface area (Å²) in [4.78, 5) is 3.71. The lowest BCUT2D eigenvalue weighted by Crippen LogP contribution is -2.05. The Labute approximate surface area is 203 Å². The molecule has 0 radical (unpaired) electrons. The van der Waals surface area contributed by atoms with Crippen molar-refractivity contribution in [2.45, 2.75) is 5.92 Å². The van der Waals surface area contributed by atoms with Crippen LogP contribution in [0.15, 0.2) is 115 Å². The third-order valence-electron chi connectivity index (χ3n) is 6.50. The summed E-state index contributed by atoms with van der Waals surface area (Å²) >= 11 is 6.48. The molecule has 0 aliphatic carbocycles. The molecule has 34 heavy (non-hydrogen) atoms. The maximum absolute atomic E-state index is 11.2. The van der Waals surface area contributed by atoms with E-state index < -0.39 is 0 Å². The average Bonchev–Trinajstić information content (AvgIpc) is 3.23. The Hall–Kier alpha value is -4.01.